The Morgan fingerprint density at radius 3 is 2.31 bits per heavy atom. The second kappa shape index (κ2) is 7.70. The number of hydrogen-bond donors (Lipinski definition) is 0. The Balaban J connectivity index is 1.61. The van der Waals surface area contributed by atoms with E-state index in [1.807, 2.05) is 18.7 Å². The van der Waals surface area contributed by atoms with Gasteiger partial charge < -0.3 is 9.80 Å². The number of likely N-dealkylation sites (N-methyl/N-ethyl adjacent to an activating group) is 1. The second-order valence-electron chi connectivity index (χ2n) is 7.80. The fourth-order valence-electron chi connectivity index (χ4n) is 3.96. The number of fused-ring (bicyclic) bond motifs is 1. The first-order chi connectivity index (χ1) is 12.4. The van der Waals surface area contributed by atoms with E-state index >= 15 is 0 Å². The van der Waals surface area contributed by atoms with Crippen molar-refractivity contribution in [3.63, 3.8) is 0 Å². The molecule has 0 saturated carbocycles. The molecule has 1 aromatic heterocycles. The lowest BCUT2D eigenvalue weighted by molar-refractivity contribution is -0.129. The van der Waals surface area contributed by atoms with Crippen molar-refractivity contribution in [2.24, 2.45) is 11.8 Å². The van der Waals surface area contributed by atoms with Gasteiger partial charge in [0, 0.05) is 38.4 Å². The van der Waals surface area contributed by atoms with Crippen molar-refractivity contribution in [3.8, 4) is 0 Å². The maximum Gasteiger partial charge on any atom is 0.272 e. The molecule has 0 radical (unpaired) electrons. The standard InChI is InChI=1S/C19H29N5O2/c1-13-14(2)20-12-21-18(13)19(26)24-9-15-5-7-23(8-6-16(15)10-24)11-17(25)22(3)4/h12,15-16H,5-11H2,1-4H3/t15-,16+. The Hall–Kier alpha value is -2.02. The van der Waals surface area contributed by atoms with Crippen LogP contribution in [0.25, 0.3) is 0 Å². The molecule has 2 saturated heterocycles. The summed E-state index contributed by atoms with van der Waals surface area (Å²) in [5.74, 6) is 1.22. The minimum Gasteiger partial charge on any atom is -0.348 e. The van der Waals surface area contributed by atoms with E-state index in [0.717, 1.165) is 50.3 Å². The zero-order valence-electron chi connectivity index (χ0n) is 16.2. The molecule has 7 heteroatoms. The highest BCUT2D eigenvalue weighted by molar-refractivity contribution is 5.94. The summed E-state index contributed by atoms with van der Waals surface area (Å²) >= 11 is 0. The van der Waals surface area contributed by atoms with Crippen molar-refractivity contribution in [2.75, 3.05) is 46.8 Å². The number of aromatic nitrogens is 2. The summed E-state index contributed by atoms with van der Waals surface area (Å²) < 4.78 is 0. The third kappa shape index (κ3) is 3.87. The van der Waals surface area contributed by atoms with Gasteiger partial charge in [-0.1, -0.05) is 0 Å². The Morgan fingerprint density at radius 2 is 1.73 bits per heavy atom. The van der Waals surface area contributed by atoms with Crippen LogP contribution in [0.15, 0.2) is 6.33 Å². The number of likely N-dealkylation sites (tertiary alicyclic amines) is 2. The van der Waals surface area contributed by atoms with Gasteiger partial charge in [-0.2, -0.15) is 0 Å². The van der Waals surface area contributed by atoms with E-state index in [9.17, 15) is 9.59 Å². The van der Waals surface area contributed by atoms with Crippen molar-refractivity contribution in [1.29, 1.82) is 0 Å². The van der Waals surface area contributed by atoms with Crippen LogP contribution >= 0.6 is 0 Å². The lowest BCUT2D eigenvalue weighted by Crippen LogP contribution is -2.38. The van der Waals surface area contributed by atoms with Gasteiger partial charge in [0.25, 0.3) is 5.91 Å². The van der Waals surface area contributed by atoms with Crippen molar-refractivity contribution in [1.82, 2.24) is 24.7 Å². The molecule has 0 bridgehead atoms. The van der Waals surface area contributed by atoms with Crippen LogP contribution in [0.1, 0.15) is 34.6 Å². The molecular weight excluding hydrogens is 330 g/mol. The maximum absolute atomic E-state index is 12.9. The van der Waals surface area contributed by atoms with E-state index in [2.05, 4.69) is 14.9 Å². The zero-order valence-corrected chi connectivity index (χ0v) is 16.2. The SMILES string of the molecule is Cc1ncnc(C(=O)N2C[C@H]3CCN(CC(=O)N(C)C)CC[C@H]3C2)c1C. The highest BCUT2D eigenvalue weighted by Crippen LogP contribution is 2.32. The van der Waals surface area contributed by atoms with Crippen molar-refractivity contribution in [3.05, 3.63) is 23.3 Å². The Morgan fingerprint density at radius 1 is 1.12 bits per heavy atom. The molecule has 3 rings (SSSR count). The Labute approximate surface area is 155 Å². The Kier molecular flexibility index (Phi) is 5.55. The van der Waals surface area contributed by atoms with Gasteiger partial charge in [0.1, 0.15) is 12.0 Å². The number of rotatable bonds is 3. The number of carbonyl (C=O) groups excluding carboxylic acids is 2. The van der Waals surface area contributed by atoms with Crippen LogP contribution in [-0.4, -0.2) is 83.3 Å². The minimum absolute atomic E-state index is 0.0284. The van der Waals surface area contributed by atoms with Gasteiger partial charge in [-0.25, -0.2) is 9.97 Å². The van der Waals surface area contributed by atoms with E-state index in [1.54, 1.807) is 19.0 Å². The van der Waals surface area contributed by atoms with Gasteiger partial charge in [-0.15, -0.1) is 0 Å². The molecule has 2 aliphatic rings. The molecular formula is C19H29N5O2. The van der Waals surface area contributed by atoms with Crippen molar-refractivity contribution in [2.45, 2.75) is 26.7 Å². The van der Waals surface area contributed by atoms with Crippen LogP contribution in [-0.2, 0) is 4.79 Å². The van der Waals surface area contributed by atoms with Gasteiger partial charge in [-0.05, 0) is 51.6 Å². The summed E-state index contributed by atoms with van der Waals surface area (Å²) in [5.41, 5.74) is 2.27. The van der Waals surface area contributed by atoms with Gasteiger partial charge in [0.05, 0.1) is 6.54 Å². The Bertz CT molecular complexity index is 675. The third-order valence-electron chi connectivity index (χ3n) is 5.89. The average Bonchev–Trinajstić information content (AvgIpc) is 2.93. The summed E-state index contributed by atoms with van der Waals surface area (Å²) in [7, 11) is 3.60. The normalized spacial score (nSPS) is 23.5. The van der Waals surface area contributed by atoms with E-state index in [1.165, 1.54) is 6.33 Å². The van der Waals surface area contributed by atoms with Crippen LogP contribution in [0.3, 0.4) is 0 Å². The van der Waals surface area contributed by atoms with Gasteiger partial charge in [0.2, 0.25) is 5.91 Å². The van der Waals surface area contributed by atoms with Crippen LogP contribution in [0, 0.1) is 25.7 Å². The quantitative estimate of drug-likeness (QED) is 0.804. The maximum atomic E-state index is 12.9. The number of amides is 2. The first-order valence-electron chi connectivity index (χ1n) is 9.36. The smallest absolute Gasteiger partial charge is 0.272 e. The summed E-state index contributed by atoms with van der Waals surface area (Å²) in [6, 6.07) is 0. The fraction of sp³-hybridized carbons (Fsp3) is 0.684. The van der Waals surface area contributed by atoms with Crippen LogP contribution < -0.4 is 0 Å². The number of nitrogens with zero attached hydrogens (tertiary/aromatic N) is 5. The molecule has 0 unspecified atom stereocenters. The van der Waals surface area contributed by atoms with Gasteiger partial charge in [-0.3, -0.25) is 14.5 Å². The minimum atomic E-state index is 0.0284. The highest BCUT2D eigenvalue weighted by Gasteiger charge is 2.38. The number of hydrogen-bond acceptors (Lipinski definition) is 5. The number of aryl methyl sites for hydroxylation is 1. The highest BCUT2D eigenvalue weighted by atomic mass is 16.2. The molecule has 2 aliphatic heterocycles. The molecule has 7 nitrogen and oxygen atoms in total. The van der Waals surface area contributed by atoms with Crippen LogP contribution in [0.2, 0.25) is 0 Å². The summed E-state index contributed by atoms with van der Waals surface area (Å²) in [4.78, 5) is 39.1. The van der Waals surface area contributed by atoms with E-state index in [-0.39, 0.29) is 11.8 Å². The first kappa shape index (κ1) is 18.8. The van der Waals surface area contributed by atoms with Crippen LogP contribution in [0.5, 0.6) is 0 Å². The predicted octanol–water partition coefficient (Wildman–Crippen LogP) is 0.966. The summed E-state index contributed by atoms with van der Waals surface area (Å²) in [5, 5.41) is 0. The molecule has 0 aromatic carbocycles. The molecule has 3 heterocycles. The van der Waals surface area contributed by atoms with Gasteiger partial charge >= 0.3 is 0 Å². The fourth-order valence-corrected chi connectivity index (χ4v) is 3.96. The summed E-state index contributed by atoms with van der Waals surface area (Å²) in [6.45, 7) is 7.75. The average molecular weight is 359 g/mol. The van der Waals surface area contributed by atoms with Crippen molar-refractivity contribution >= 4 is 11.8 Å². The molecule has 2 amide bonds. The number of carbonyl (C=O) groups is 2. The largest absolute Gasteiger partial charge is 0.348 e. The molecule has 0 aliphatic carbocycles. The first-order valence-corrected chi connectivity index (χ1v) is 9.36. The molecule has 2 atom stereocenters. The van der Waals surface area contributed by atoms with Crippen LogP contribution in [0.4, 0.5) is 0 Å². The molecule has 26 heavy (non-hydrogen) atoms. The molecule has 2 fully saturated rings. The second-order valence-corrected chi connectivity index (χ2v) is 7.80. The topological polar surface area (TPSA) is 69.6 Å². The lowest BCUT2D eigenvalue weighted by atomic mass is 9.92. The summed E-state index contributed by atoms with van der Waals surface area (Å²) in [6.07, 6.45) is 3.55. The van der Waals surface area contributed by atoms with Crippen molar-refractivity contribution < 1.29 is 9.59 Å². The van der Waals surface area contributed by atoms with E-state index in [4.69, 9.17) is 0 Å². The molecule has 0 N–H and O–H groups in total. The molecule has 142 valence electrons. The van der Waals surface area contributed by atoms with E-state index < -0.39 is 0 Å². The molecule has 1 aromatic rings. The van der Waals surface area contributed by atoms with Gasteiger partial charge in [0.15, 0.2) is 0 Å². The van der Waals surface area contributed by atoms with E-state index in [0.29, 0.717) is 24.1 Å². The third-order valence-corrected chi connectivity index (χ3v) is 5.89. The lowest BCUT2D eigenvalue weighted by Gasteiger charge is -2.23. The predicted molar refractivity (Wildman–Crippen MR) is 98.8 cm³/mol. The zero-order chi connectivity index (χ0) is 18.8. The molecule has 0 spiro atoms. The monoisotopic (exact) mass is 359 g/mol.